The highest BCUT2D eigenvalue weighted by atomic mass is 16.5. The Balaban J connectivity index is 1.34. The van der Waals surface area contributed by atoms with E-state index in [0.29, 0.717) is 46.8 Å². The molecule has 0 atom stereocenters. The first-order valence-electron chi connectivity index (χ1n) is 12.1. The second-order valence-electron chi connectivity index (χ2n) is 8.79. The van der Waals surface area contributed by atoms with Gasteiger partial charge < -0.3 is 15.0 Å². The number of nitrogens with zero attached hydrogens (tertiary/aromatic N) is 3. The van der Waals surface area contributed by atoms with Gasteiger partial charge >= 0.3 is 0 Å². The molecular formula is C29H27N5O3. The Kier molecular flexibility index (Phi) is 6.81. The van der Waals surface area contributed by atoms with Crippen LogP contribution in [0.4, 0.5) is 5.82 Å². The van der Waals surface area contributed by atoms with Crippen molar-refractivity contribution in [2.24, 2.45) is 0 Å². The molecule has 0 aliphatic rings. The van der Waals surface area contributed by atoms with Gasteiger partial charge in [-0.05, 0) is 49.7 Å². The molecule has 8 heteroatoms. The molecule has 0 unspecified atom stereocenters. The summed E-state index contributed by atoms with van der Waals surface area (Å²) in [6.07, 6.45) is 1.28. The number of para-hydroxylation sites is 2. The monoisotopic (exact) mass is 493 g/mol. The fourth-order valence-corrected chi connectivity index (χ4v) is 4.22. The molecule has 0 saturated carbocycles. The minimum Gasteiger partial charge on any atom is -0.496 e. The van der Waals surface area contributed by atoms with Crippen LogP contribution in [0.15, 0.2) is 83.7 Å². The van der Waals surface area contributed by atoms with Crippen LogP contribution >= 0.6 is 0 Å². The van der Waals surface area contributed by atoms with Crippen molar-refractivity contribution < 1.29 is 9.53 Å². The Bertz CT molecular complexity index is 1620. The van der Waals surface area contributed by atoms with Crippen LogP contribution in [0.5, 0.6) is 5.75 Å². The van der Waals surface area contributed by atoms with E-state index in [1.807, 2.05) is 79.7 Å². The lowest BCUT2D eigenvalue weighted by molar-refractivity contribution is -0.116. The van der Waals surface area contributed by atoms with Crippen molar-refractivity contribution in [1.29, 1.82) is 0 Å². The zero-order valence-corrected chi connectivity index (χ0v) is 20.7. The van der Waals surface area contributed by atoms with Crippen molar-refractivity contribution in [2.75, 3.05) is 12.4 Å². The van der Waals surface area contributed by atoms with Crippen LogP contribution in [0, 0.1) is 6.92 Å². The van der Waals surface area contributed by atoms with Gasteiger partial charge in [0.15, 0.2) is 0 Å². The maximum Gasteiger partial charge on any atom is 0.258 e. The van der Waals surface area contributed by atoms with Gasteiger partial charge in [0.25, 0.3) is 5.56 Å². The smallest absolute Gasteiger partial charge is 0.258 e. The van der Waals surface area contributed by atoms with E-state index in [1.54, 1.807) is 17.9 Å². The minimum absolute atomic E-state index is 0.150. The maximum atomic E-state index is 12.9. The molecule has 186 valence electrons. The highest BCUT2D eigenvalue weighted by Gasteiger charge is 2.16. The Morgan fingerprint density at radius 2 is 1.78 bits per heavy atom. The normalized spacial score (nSPS) is 11.0. The number of H-pyrrole nitrogens is 1. The Labute approximate surface area is 214 Å². The number of fused-ring (bicyclic) bond motifs is 1. The van der Waals surface area contributed by atoms with Crippen LogP contribution < -0.4 is 15.6 Å². The fraction of sp³-hybridized carbons (Fsp3) is 0.172. The second kappa shape index (κ2) is 10.5. The van der Waals surface area contributed by atoms with Gasteiger partial charge in [-0.1, -0.05) is 42.0 Å². The zero-order chi connectivity index (χ0) is 25.8. The largest absolute Gasteiger partial charge is 0.496 e. The molecule has 8 nitrogen and oxygen atoms in total. The van der Waals surface area contributed by atoms with Crippen LogP contribution in [-0.2, 0) is 11.2 Å². The summed E-state index contributed by atoms with van der Waals surface area (Å²) in [6.45, 7) is 2.02. The number of rotatable bonds is 8. The summed E-state index contributed by atoms with van der Waals surface area (Å²) in [5, 5.41) is 8.34. The lowest BCUT2D eigenvalue weighted by atomic mass is 10.1. The van der Waals surface area contributed by atoms with Gasteiger partial charge in [0.05, 0.1) is 29.4 Å². The molecule has 0 fully saturated rings. The van der Waals surface area contributed by atoms with Gasteiger partial charge in [0.1, 0.15) is 17.4 Å². The van der Waals surface area contributed by atoms with Crippen molar-refractivity contribution in [2.45, 2.75) is 26.2 Å². The molecule has 0 spiro atoms. The number of benzene rings is 3. The van der Waals surface area contributed by atoms with Gasteiger partial charge in [0, 0.05) is 24.5 Å². The van der Waals surface area contributed by atoms with Crippen molar-refractivity contribution in [3.8, 4) is 22.7 Å². The van der Waals surface area contributed by atoms with Gasteiger partial charge in [0.2, 0.25) is 5.91 Å². The first-order valence-corrected chi connectivity index (χ1v) is 12.1. The molecule has 5 aromatic rings. The molecule has 5 rings (SSSR count). The van der Waals surface area contributed by atoms with Crippen molar-refractivity contribution in [1.82, 2.24) is 19.7 Å². The van der Waals surface area contributed by atoms with Crippen molar-refractivity contribution in [3.05, 3.63) is 101 Å². The summed E-state index contributed by atoms with van der Waals surface area (Å²) in [5.74, 6) is 1.68. The number of hydrogen-bond acceptors (Lipinski definition) is 5. The SMILES string of the molecule is COc1ccccc1-c1cc(NC(=O)CCCc2nc3ccccc3c(=O)[nH]2)n(-c2ccc(C)cc2)n1. The number of methoxy groups -OCH3 is 1. The second-order valence-corrected chi connectivity index (χ2v) is 8.79. The third kappa shape index (κ3) is 5.28. The van der Waals surface area contributed by atoms with Crippen LogP contribution in [0.1, 0.15) is 24.2 Å². The number of ether oxygens (including phenoxy) is 1. The molecule has 2 heterocycles. The first kappa shape index (κ1) is 24.0. The lowest BCUT2D eigenvalue weighted by Crippen LogP contribution is -2.16. The van der Waals surface area contributed by atoms with Crippen LogP contribution in [0.3, 0.4) is 0 Å². The van der Waals surface area contributed by atoms with E-state index < -0.39 is 0 Å². The van der Waals surface area contributed by atoms with Crippen LogP contribution in [-0.4, -0.2) is 32.8 Å². The number of carbonyl (C=O) groups excluding carboxylic acids is 1. The number of aryl methyl sites for hydroxylation is 2. The predicted molar refractivity (Wildman–Crippen MR) is 144 cm³/mol. The van der Waals surface area contributed by atoms with Gasteiger partial charge in [-0.2, -0.15) is 5.10 Å². The Hall–Kier alpha value is -4.72. The molecule has 0 radical (unpaired) electrons. The summed E-state index contributed by atoms with van der Waals surface area (Å²) >= 11 is 0. The molecular weight excluding hydrogens is 466 g/mol. The van der Waals surface area contributed by atoms with Gasteiger partial charge in [-0.15, -0.1) is 0 Å². The lowest BCUT2D eigenvalue weighted by Gasteiger charge is -2.09. The van der Waals surface area contributed by atoms with Crippen LogP contribution in [0.2, 0.25) is 0 Å². The highest BCUT2D eigenvalue weighted by Crippen LogP contribution is 2.31. The summed E-state index contributed by atoms with van der Waals surface area (Å²) in [7, 11) is 1.62. The number of aromatic amines is 1. The van der Waals surface area contributed by atoms with E-state index in [1.165, 1.54) is 0 Å². The van der Waals surface area contributed by atoms with E-state index in [2.05, 4.69) is 15.3 Å². The summed E-state index contributed by atoms with van der Waals surface area (Å²) < 4.78 is 7.24. The number of hydrogen-bond donors (Lipinski definition) is 2. The quantitative estimate of drug-likeness (QED) is 0.315. The molecule has 1 amide bonds. The highest BCUT2D eigenvalue weighted by molar-refractivity contribution is 5.91. The summed E-state index contributed by atoms with van der Waals surface area (Å²) in [6, 6.07) is 24.6. The number of aromatic nitrogens is 4. The van der Waals surface area contributed by atoms with Crippen LogP contribution in [0.25, 0.3) is 27.8 Å². The molecule has 0 bridgehead atoms. The Morgan fingerprint density at radius 3 is 2.59 bits per heavy atom. The average molecular weight is 494 g/mol. The van der Waals surface area contributed by atoms with Gasteiger partial charge in [-0.3, -0.25) is 9.59 Å². The standard InChI is InChI=1S/C29H27N5O3/c1-19-14-16-20(17-15-19)34-27(18-24(33-34)21-8-4-6-11-25(21)37-2)32-28(35)13-7-12-26-30-23-10-5-3-9-22(23)29(36)31-26/h3-6,8-11,14-18H,7,12-13H2,1-2H3,(H,32,35)(H,30,31,36). The third-order valence-corrected chi connectivity index (χ3v) is 6.12. The van der Waals surface area contributed by atoms with Crippen molar-refractivity contribution >= 4 is 22.6 Å². The predicted octanol–water partition coefficient (Wildman–Crippen LogP) is 5.05. The molecule has 0 aliphatic heterocycles. The van der Waals surface area contributed by atoms with Crippen molar-refractivity contribution in [3.63, 3.8) is 0 Å². The number of nitrogens with one attached hydrogen (secondary N) is 2. The van der Waals surface area contributed by atoms with E-state index in [9.17, 15) is 9.59 Å². The van der Waals surface area contributed by atoms with E-state index in [-0.39, 0.29) is 17.9 Å². The number of anilines is 1. The zero-order valence-electron chi connectivity index (χ0n) is 20.7. The average Bonchev–Trinajstić information content (AvgIpc) is 3.32. The first-order chi connectivity index (χ1) is 18.0. The molecule has 2 aromatic heterocycles. The van der Waals surface area contributed by atoms with E-state index >= 15 is 0 Å². The van der Waals surface area contributed by atoms with E-state index in [0.717, 1.165) is 16.8 Å². The Morgan fingerprint density at radius 1 is 1.03 bits per heavy atom. The molecule has 2 N–H and O–H groups in total. The van der Waals surface area contributed by atoms with Gasteiger partial charge in [-0.25, -0.2) is 9.67 Å². The maximum absolute atomic E-state index is 12.9. The molecule has 0 saturated heterocycles. The molecule has 3 aromatic carbocycles. The molecule has 37 heavy (non-hydrogen) atoms. The topological polar surface area (TPSA) is 102 Å². The number of amides is 1. The molecule has 0 aliphatic carbocycles. The van der Waals surface area contributed by atoms with E-state index in [4.69, 9.17) is 9.84 Å². The fourth-order valence-electron chi connectivity index (χ4n) is 4.22. The third-order valence-electron chi connectivity index (χ3n) is 6.12. The minimum atomic E-state index is -0.170. The summed E-state index contributed by atoms with van der Waals surface area (Å²) in [4.78, 5) is 32.6. The number of carbonyl (C=O) groups is 1. The summed E-state index contributed by atoms with van der Waals surface area (Å²) in [5.41, 5.74) is 3.96.